The Morgan fingerprint density at radius 3 is 2.45 bits per heavy atom. The molecule has 0 spiro atoms. The molecule has 0 aliphatic rings. The lowest BCUT2D eigenvalue weighted by Gasteiger charge is -2.27. The summed E-state index contributed by atoms with van der Waals surface area (Å²) >= 11 is 0. The second-order valence-electron chi connectivity index (χ2n) is 5.52. The van der Waals surface area contributed by atoms with E-state index in [1.54, 1.807) is 36.2 Å². The first-order chi connectivity index (χ1) is 10.4. The molecule has 0 fully saturated rings. The van der Waals surface area contributed by atoms with E-state index < -0.39 is 6.10 Å². The number of halogens is 1. The highest BCUT2D eigenvalue weighted by Crippen LogP contribution is 2.12. The summed E-state index contributed by atoms with van der Waals surface area (Å²) in [6, 6.07) is 7.43. The van der Waals surface area contributed by atoms with Gasteiger partial charge in [0.25, 0.3) is 5.91 Å². The SMILES string of the molecule is CC(O)CN(C(=O)c1ccn(-c2ccc(F)cc2)n1)C(C)C. The lowest BCUT2D eigenvalue weighted by atomic mass is 10.2. The molecule has 0 bridgehead atoms. The van der Waals surface area contributed by atoms with Crippen molar-refractivity contribution in [3.63, 3.8) is 0 Å². The summed E-state index contributed by atoms with van der Waals surface area (Å²) in [5.74, 6) is -0.563. The highest BCUT2D eigenvalue weighted by Gasteiger charge is 2.22. The van der Waals surface area contributed by atoms with Crippen LogP contribution in [0.5, 0.6) is 0 Å². The Labute approximate surface area is 129 Å². The molecule has 1 aromatic carbocycles. The molecule has 22 heavy (non-hydrogen) atoms. The van der Waals surface area contributed by atoms with Crippen molar-refractivity contribution in [3.05, 3.63) is 48.0 Å². The summed E-state index contributed by atoms with van der Waals surface area (Å²) in [7, 11) is 0. The molecule has 118 valence electrons. The number of rotatable bonds is 5. The van der Waals surface area contributed by atoms with E-state index >= 15 is 0 Å². The molecule has 1 heterocycles. The third-order valence-corrected chi connectivity index (χ3v) is 3.24. The van der Waals surface area contributed by atoms with E-state index in [0.717, 1.165) is 0 Å². The number of nitrogens with zero attached hydrogens (tertiary/aromatic N) is 3. The smallest absolute Gasteiger partial charge is 0.274 e. The van der Waals surface area contributed by atoms with Gasteiger partial charge in [0, 0.05) is 18.8 Å². The molecule has 0 saturated carbocycles. The average molecular weight is 305 g/mol. The number of carbonyl (C=O) groups is 1. The first-order valence-corrected chi connectivity index (χ1v) is 7.19. The number of aromatic nitrogens is 2. The highest BCUT2D eigenvalue weighted by molar-refractivity contribution is 5.92. The van der Waals surface area contributed by atoms with E-state index in [2.05, 4.69) is 5.10 Å². The van der Waals surface area contributed by atoms with E-state index in [-0.39, 0.29) is 24.3 Å². The second kappa shape index (κ2) is 6.70. The van der Waals surface area contributed by atoms with Gasteiger partial charge in [0.15, 0.2) is 5.69 Å². The quantitative estimate of drug-likeness (QED) is 0.921. The fourth-order valence-corrected chi connectivity index (χ4v) is 2.14. The minimum absolute atomic E-state index is 0.0435. The van der Waals surface area contributed by atoms with E-state index in [1.807, 2.05) is 13.8 Å². The molecule has 1 amide bonds. The fourth-order valence-electron chi connectivity index (χ4n) is 2.14. The van der Waals surface area contributed by atoms with Gasteiger partial charge in [-0.05, 0) is 51.1 Å². The van der Waals surface area contributed by atoms with Crippen LogP contribution in [0.2, 0.25) is 0 Å². The predicted octanol–water partition coefficient (Wildman–Crippen LogP) is 2.24. The zero-order valence-corrected chi connectivity index (χ0v) is 12.9. The molecule has 2 rings (SSSR count). The summed E-state index contributed by atoms with van der Waals surface area (Å²) < 4.78 is 14.5. The van der Waals surface area contributed by atoms with Crippen molar-refractivity contribution in [3.8, 4) is 5.69 Å². The maximum absolute atomic E-state index is 12.9. The van der Waals surface area contributed by atoms with Gasteiger partial charge in [-0.3, -0.25) is 4.79 Å². The minimum Gasteiger partial charge on any atom is -0.392 e. The topological polar surface area (TPSA) is 58.4 Å². The molecule has 0 aliphatic carbocycles. The van der Waals surface area contributed by atoms with Gasteiger partial charge in [0.1, 0.15) is 5.82 Å². The van der Waals surface area contributed by atoms with E-state index in [4.69, 9.17) is 0 Å². The number of amides is 1. The van der Waals surface area contributed by atoms with Gasteiger partial charge in [-0.25, -0.2) is 9.07 Å². The van der Waals surface area contributed by atoms with Crippen LogP contribution in [-0.2, 0) is 0 Å². The van der Waals surface area contributed by atoms with Crippen molar-refractivity contribution in [2.45, 2.75) is 32.9 Å². The molecule has 0 saturated heterocycles. The van der Waals surface area contributed by atoms with Crippen molar-refractivity contribution in [2.24, 2.45) is 0 Å². The van der Waals surface area contributed by atoms with Gasteiger partial charge in [0.2, 0.25) is 0 Å². The summed E-state index contributed by atoms with van der Waals surface area (Å²) in [6.45, 7) is 5.66. The molecule has 0 radical (unpaired) electrons. The number of carbonyl (C=O) groups excluding carboxylic acids is 1. The maximum atomic E-state index is 12.9. The van der Waals surface area contributed by atoms with Gasteiger partial charge in [-0.2, -0.15) is 5.10 Å². The summed E-state index contributed by atoms with van der Waals surface area (Å²) in [5, 5.41) is 13.8. The summed E-state index contributed by atoms with van der Waals surface area (Å²) in [5.41, 5.74) is 0.964. The Hall–Kier alpha value is -2.21. The average Bonchev–Trinajstić information content (AvgIpc) is 2.94. The molecular weight excluding hydrogens is 285 g/mol. The molecule has 5 nitrogen and oxygen atoms in total. The minimum atomic E-state index is -0.606. The molecule has 1 unspecified atom stereocenters. The van der Waals surface area contributed by atoms with Crippen molar-refractivity contribution in [1.29, 1.82) is 0 Å². The Bertz CT molecular complexity index is 635. The Balaban J connectivity index is 2.22. The standard InChI is InChI=1S/C16H20FN3O2/c1-11(2)19(10-12(3)21)16(22)15-8-9-20(18-15)14-6-4-13(17)5-7-14/h4-9,11-12,21H,10H2,1-3H3. The first kappa shape index (κ1) is 16.2. The lowest BCUT2D eigenvalue weighted by Crippen LogP contribution is -2.41. The molecule has 6 heteroatoms. The number of aliphatic hydroxyl groups excluding tert-OH is 1. The van der Waals surface area contributed by atoms with Crippen LogP contribution in [-0.4, -0.2) is 44.4 Å². The van der Waals surface area contributed by atoms with E-state index in [0.29, 0.717) is 11.4 Å². The molecule has 1 atom stereocenters. The van der Waals surface area contributed by atoms with Crippen LogP contribution in [0, 0.1) is 5.82 Å². The van der Waals surface area contributed by atoms with Gasteiger partial charge in [-0.15, -0.1) is 0 Å². The van der Waals surface area contributed by atoms with Crippen LogP contribution in [0.3, 0.4) is 0 Å². The second-order valence-corrected chi connectivity index (χ2v) is 5.52. The van der Waals surface area contributed by atoms with Gasteiger partial charge >= 0.3 is 0 Å². The third kappa shape index (κ3) is 3.71. The normalized spacial score (nSPS) is 12.5. The Morgan fingerprint density at radius 2 is 1.91 bits per heavy atom. The van der Waals surface area contributed by atoms with Gasteiger partial charge in [-0.1, -0.05) is 0 Å². The monoisotopic (exact) mass is 305 g/mol. The first-order valence-electron chi connectivity index (χ1n) is 7.19. The molecule has 0 aliphatic heterocycles. The van der Waals surface area contributed by atoms with Crippen molar-refractivity contribution < 1.29 is 14.3 Å². The highest BCUT2D eigenvalue weighted by atomic mass is 19.1. The lowest BCUT2D eigenvalue weighted by molar-refractivity contribution is 0.0572. The van der Waals surface area contributed by atoms with Gasteiger partial charge in [0.05, 0.1) is 11.8 Å². The summed E-state index contributed by atoms with van der Waals surface area (Å²) in [6.07, 6.45) is 1.05. The van der Waals surface area contributed by atoms with Crippen LogP contribution in [0.25, 0.3) is 5.69 Å². The molecule has 1 aromatic heterocycles. The number of hydrogen-bond acceptors (Lipinski definition) is 3. The number of hydrogen-bond donors (Lipinski definition) is 1. The molecular formula is C16H20FN3O2. The van der Waals surface area contributed by atoms with Crippen LogP contribution in [0.15, 0.2) is 36.5 Å². The molecule has 2 aromatic rings. The Kier molecular flexibility index (Phi) is 4.92. The van der Waals surface area contributed by atoms with Crippen molar-refractivity contribution in [2.75, 3.05) is 6.54 Å². The Morgan fingerprint density at radius 1 is 1.27 bits per heavy atom. The van der Waals surface area contributed by atoms with Gasteiger partial charge < -0.3 is 10.0 Å². The largest absolute Gasteiger partial charge is 0.392 e. The van der Waals surface area contributed by atoms with Crippen LogP contribution < -0.4 is 0 Å². The van der Waals surface area contributed by atoms with Crippen molar-refractivity contribution in [1.82, 2.24) is 14.7 Å². The van der Waals surface area contributed by atoms with Crippen LogP contribution >= 0.6 is 0 Å². The number of aliphatic hydroxyl groups is 1. The molecule has 1 N–H and O–H groups in total. The van der Waals surface area contributed by atoms with Crippen LogP contribution in [0.4, 0.5) is 4.39 Å². The number of benzene rings is 1. The zero-order chi connectivity index (χ0) is 16.3. The van der Waals surface area contributed by atoms with E-state index in [1.165, 1.54) is 16.8 Å². The zero-order valence-electron chi connectivity index (χ0n) is 12.9. The van der Waals surface area contributed by atoms with Crippen LogP contribution in [0.1, 0.15) is 31.3 Å². The van der Waals surface area contributed by atoms with E-state index in [9.17, 15) is 14.3 Å². The third-order valence-electron chi connectivity index (χ3n) is 3.24. The fraction of sp³-hybridized carbons (Fsp3) is 0.375. The summed E-state index contributed by atoms with van der Waals surface area (Å²) in [4.78, 5) is 14.1. The predicted molar refractivity (Wildman–Crippen MR) is 81.4 cm³/mol. The van der Waals surface area contributed by atoms with Crippen molar-refractivity contribution >= 4 is 5.91 Å². The maximum Gasteiger partial charge on any atom is 0.274 e.